The summed E-state index contributed by atoms with van der Waals surface area (Å²) in [6.45, 7) is -0.957. The van der Waals surface area contributed by atoms with Crippen molar-refractivity contribution in [3.63, 3.8) is 0 Å². The highest BCUT2D eigenvalue weighted by atomic mass is 35.5. The number of aliphatic hydroxyl groups excluding tert-OH is 1. The van der Waals surface area contributed by atoms with E-state index in [2.05, 4.69) is 9.84 Å². The molecule has 0 saturated heterocycles. The third-order valence-corrected chi connectivity index (χ3v) is 4.15. The van der Waals surface area contributed by atoms with Crippen LogP contribution in [-0.2, 0) is 15.7 Å². The second-order valence-electron chi connectivity index (χ2n) is 5.77. The highest BCUT2D eigenvalue weighted by molar-refractivity contribution is 6.32. The lowest BCUT2D eigenvalue weighted by Crippen LogP contribution is -2.15. The van der Waals surface area contributed by atoms with E-state index in [4.69, 9.17) is 16.7 Å². The summed E-state index contributed by atoms with van der Waals surface area (Å²) >= 11 is 6.12. The van der Waals surface area contributed by atoms with Crippen LogP contribution in [0, 0.1) is 0 Å². The van der Waals surface area contributed by atoms with Crippen molar-refractivity contribution < 1.29 is 32.6 Å². The maximum atomic E-state index is 13.2. The Morgan fingerprint density at radius 2 is 1.76 bits per heavy atom. The lowest BCUT2D eigenvalue weighted by Gasteiger charge is -2.10. The number of carbonyl (C=O) groups excluding carboxylic acids is 2. The van der Waals surface area contributed by atoms with Gasteiger partial charge in [0.25, 0.3) is 0 Å². The number of carbonyl (C=O) groups is 2. The van der Waals surface area contributed by atoms with Crippen molar-refractivity contribution >= 4 is 23.5 Å². The van der Waals surface area contributed by atoms with E-state index in [0.717, 1.165) is 10.7 Å². The van der Waals surface area contributed by atoms with E-state index in [9.17, 15) is 22.8 Å². The number of nitrogens with zero attached hydrogens (tertiary/aromatic N) is 2. The molecule has 0 spiro atoms. The first-order valence-electron chi connectivity index (χ1n) is 8.09. The summed E-state index contributed by atoms with van der Waals surface area (Å²) in [5, 5.41) is 12.5. The van der Waals surface area contributed by atoms with Gasteiger partial charge in [-0.3, -0.25) is 0 Å². The van der Waals surface area contributed by atoms with Crippen LogP contribution >= 0.6 is 11.6 Å². The second kappa shape index (κ2) is 8.06. The van der Waals surface area contributed by atoms with Gasteiger partial charge in [0.15, 0.2) is 5.69 Å². The molecule has 0 saturated carbocycles. The van der Waals surface area contributed by atoms with E-state index in [1.165, 1.54) is 36.4 Å². The molecule has 0 amide bonds. The molecule has 0 radical (unpaired) electrons. The zero-order valence-electron chi connectivity index (χ0n) is 14.5. The van der Waals surface area contributed by atoms with E-state index < -0.39 is 30.4 Å². The van der Waals surface area contributed by atoms with Crippen molar-refractivity contribution in [2.24, 2.45) is 0 Å². The van der Waals surface area contributed by atoms with E-state index in [1.807, 2.05) is 0 Å². The summed E-state index contributed by atoms with van der Waals surface area (Å²) < 4.78 is 45.1. The molecule has 1 aromatic heterocycles. The quantitative estimate of drug-likeness (QED) is 0.507. The normalized spacial score (nSPS) is 11.3. The molecule has 0 bridgehead atoms. The number of benzene rings is 2. The summed E-state index contributed by atoms with van der Waals surface area (Å²) in [6, 6.07) is 12.5. The Labute approximate surface area is 167 Å². The van der Waals surface area contributed by atoms with Crippen LogP contribution < -0.4 is 0 Å². The fourth-order valence-electron chi connectivity index (χ4n) is 2.50. The van der Waals surface area contributed by atoms with Crippen LogP contribution in [0.3, 0.4) is 0 Å². The molecule has 0 aliphatic heterocycles. The number of esters is 2. The fraction of sp³-hybridized carbons (Fsp3) is 0.105. The van der Waals surface area contributed by atoms with E-state index in [1.54, 1.807) is 12.1 Å². The number of hydrogen-bond acceptors (Lipinski definition) is 5. The highest BCUT2D eigenvalue weighted by Crippen LogP contribution is 2.34. The van der Waals surface area contributed by atoms with Gasteiger partial charge in [-0.25, -0.2) is 14.3 Å². The number of rotatable bonds is 4. The Balaban J connectivity index is 2.04. The molecule has 0 aliphatic carbocycles. The Morgan fingerprint density at radius 1 is 1.10 bits per heavy atom. The predicted octanol–water partition coefficient (Wildman–Crippen LogP) is 3.89. The number of ether oxygens (including phenoxy) is 1. The van der Waals surface area contributed by atoms with Crippen LogP contribution in [0.25, 0.3) is 16.9 Å². The Hall–Kier alpha value is -3.17. The van der Waals surface area contributed by atoms with Crippen molar-refractivity contribution in [2.75, 3.05) is 6.61 Å². The molecular formula is C19H12ClF3N2O4. The molecule has 6 nitrogen and oxygen atoms in total. The van der Waals surface area contributed by atoms with Gasteiger partial charge in [-0.2, -0.15) is 18.3 Å². The van der Waals surface area contributed by atoms with Gasteiger partial charge in [0.05, 0.1) is 22.0 Å². The van der Waals surface area contributed by atoms with Crippen LogP contribution in [-0.4, -0.2) is 33.4 Å². The average molecular weight is 425 g/mol. The van der Waals surface area contributed by atoms with Crippen molar-refractivity contribution in [2.45, 2.75) is 6.18 Å². The first-order chi connectivity index (χ1) is 13.7. The topological polar surface area (TPSA) is 81.4 Å². The lowest BCUT2D eigenvalue weighted by molar-refractivity contribution is -0.142. The molecule has 10 heteroatoms. The van der Waals surface area contributed by atoms with Gasteiger partial charge in [0.2, 0.25) is 0 Å². The van der Waals surface area contributed by atoms with Gasteiger partial charge < -0.3 is 9.84 Å². The number of para-hydroxylation sites is 1. The van der Waals surface area contributed by atoms with Gasteiger partial charge in [-0.1, -0.05) is 35.9 Å². The molecule has 1 N–H and O–H groups in total. The number of aliphatic hydroxyl groups is 1. The van der Waals surface area contributed by atoms with Crippen molar-refractivity contribution in [3.8, 4) is 16.9 Å². The van der Waals surface area contributed by atoms with E-state index in [0.29, 0.717) is 5.56 Å². The van der Waals surface area contributed by atoms with Gasteiger partial charge in [-0.15, -0.1) is 0 Å². The Kier molecular flexibility index (Phi) is 5.71. The minimum Gasteiger partial charge on any atom is -0.388 e. The van der Waals surface area contributed by atoms with E-state index in [-0.39, 0.29) is 22.0 Å². The SMILES string of the molecule is O=C(CO)OC(=O)c1ccc(-c2cc(C(F)(F)F)nn2-c2ccccc2Cl)cc1. The van der Waals surface area contributed by atoms with Crippen LogP contribution in [0.15, 0.2) is 54.6 Å². The van der Waals surface area contributed by atoms with Gasteiger partial charge in [-0.05, 0) is 30.3 Å². The number of aromatic nitrogens is 2. The molecule has 3 aromatic rings. The lowest BCUT2D eigenvalue weighted by atomic mass is 10.1. The Bertz CT molecular complexity index is 1060. The average Bonchev–Trinajstić information content (AvgIpc) is 3.14. The first kappa shape index (κ1) is 20.6. The molecule has 0 fully saturated rings. The predicted molar refractivity (Wildman–Crippen MR) is 96.5 cm³/mol. The summed E-state index contributed by atoms with van der Waals surface area (Å²) in [4.78, 5) is 22.8. The summed E-state index contributed by atoms with van der Waals surface area (Å²) in [5.41, 5.74) is -0.466. The summed E-state index contributed by atoms with van der Waals surface area (Å²) in [7, 11) is 0. The largest absolute Gasteiger partial charge is 0.435 e. The van der Waals surface area contributed by atoms with Crippen LogP contribution in [0.5, 0.6) is 0 Å². The van der Waals surface area contributed by atoms with E-state index >= 15 is 0 Å². The molecule has 3 rings (SSSR count). The monoisotopic (exact) mass is 424 g/mol. The van der Waals surface area contributed by atoms with Gasteiger partial charge in [0.1, 0.15) is 6.61 Å². The molecule has 1 heterocycles. The third-order valence-electron chi connectivity index (χ3n) is 3.83. The fourth-order valence-corrected chi connectivity index (χ4v) is 2.72. The van der Waals surface area contributed by atoms with Crippen LogP contribution in [0.1, 0.15) is 16.1 Å². The molecular weight excluding hydrogens is 413 g/mol. The highest BCUT2D eigenvalue weighted by Gasteiger charge is 2.35. The second-order valence-corrected chi connectivity index (χ2v) is 6.18. The van der Waals surface area contributed by atoms with Crippen LogP contribution in [0.2, 0.25) is 5.02 Å². The standard InChI is InChI=1S/C19H12ClF3N2O4/c20-13-3-1-2-4-14(13)25-15(9-16(24-25)19(21,22)23)11-5-7-12(8-6-11)18(28)29-17(27)10-26/h1-9,26H,10H2. The maximum absolute atomic E-state index is 13.2. The minimum absolute atomic E-state index is 0.0181. The number of halogens is 4. The van der Waals surface area contributed by atoms with Crippen LogP contribution in [0.4, 0.5) is 13.2 Å². The van der Waals surface area contributed by atoms with Gasteiger partial charge in [0, 0.05) is 5.56 Å². The maximum Gasteiger partial charge on any atom is 0.435 e. The molecule has 0 unspecified atom stereocenters. The number of alkyl halides is 3. The number of hydrogen-bond donors (Lipinski definition) is 1. The molecule has 150 valence electrons. The summed E-state index contributed by atoms with van der Waals surface area (Å²) in [6.07, 6.45) is -4.67. The molecule has 29 heavy (non-hydrogen) atoms. The zero-order chi connectivity index (χ0) is 21.2. The van der Waals surface area contributed by atoms with Gasteiger partial charge >= 0.3 is 18.1 Å². The smallest absolute Gasteiger partial charge is 0.388 e. The molecule has 2 aromatic carbocycles. The molecule has 0 aliphatic rings. The minimum atomic E-state index is -4.67. The van der Waals surface area contributed by atoms with Crippen molar-refractivity contribution in [1.82, 2.24) is 9.78 Å². The molecule has 0 atom stereocenters. The Morgan fingerprint density at radius 3 is 2.34 bits per heavy atom. The van der Waals surface area contributed by atoms with Crippen molar-refractivity contribution in [3.05, 3.63) is 70.9 Å². The third kappa shape index (κ3) is 4.47. The van der Waals surface area contributed by atoms with Crippen molar-refractivity contribution in [1.29, 1.82) is 0 Å². The first-order valence-corrected chi connectivity index (χ1v) is 8.47. The zero-order valence-corrected chi connectivity index (χ0v) is 15.2. The summed E-state index contributed by atoms with van der Waals surface area (Å²) in [5.74, 6) is -2.11.